The molecule has 1 amide bonds. The first-order valence-electron chi connectivity index (χ1n) is 7.67. The van der Waals surface area contributed by atoms with Crippen LogP contribution in [0.3, 0.4) is 0 Å². The molecule has 7 nitrogen and oxygen atoms in total. The Morgan fingerprint density at radius 2 is 2.13 bits per heavy atom. The van der Waals surface area contributed by atoms with E-state index in [-0.39, 0.29) is 12.2 Å². The summed E-state index contributed by atoms with van der Waals surface area (Å²) < 4.78 is 11.1. The molecule has 2 atom stereocenters. The molecule has 0 radical (unpaired) electrons. The van der Waals surface area contributed by atoms with Crippen LogP contribution in [0.1, 0.15) is 46.6 Å². The number of aromatic nitrogens is 2. The molecule has 3 N–H and O–H groups in total. The lowest BCUT2D eigenvalue weighted by atomic mass is 10.1. The summed E-state index contributed by atoms with van der Waals surface area (Å²) in [5.74, 6) is 0.780. The third-order valence-corrected chi connectivity index (χ3v) is 3.87. The second-order valence-electron chi connectivity index (χ2n) is 5.70. The predicted octanol–water partition coefficient (Wildman–Crippen LogP) is 1.49. The van der Waals surface area contributed by atoms with E-state index in [1.165, 1.54) is 0 Å². The number of primary amides is 1. The van der Waals surface area contributed by atoms with Gasteiger partial charge in [0, 0.05) is 18.7 Å². The van der Waals surface area contributed by atoms with Crippen LogP contribution >= 0.6 is 0 Å². The van der Waals surface area contributed by atoms with Gasteiger partial charge >= 0.3 is 0 Å². The van der Waals surface area contributed by atoms with Crippen LogP contribution in [0.2, 0.25) is 0 Å². The molecule has 3 rings (SSSR count). The van der Waals surface area contributed by atoms with Gasteiger partial charge in [-0.15, -0.1) is 0 Å². The molecule has 122 valence electrons. The van der Waals surface area contributed by atoms with Gasteiger partial charge in [0.2, 0.25) is 5.91 Å². The molecular weight excluding hydrogens is 296 g/mol. The molecule has 0 unspecified atom stereocenters. The highest BCUT2D eigenvalue weighted by Gasteiger charge is 2.30. The standard InChI is InChI=1S/C16H20N4O3/c1-10-19-16(23-20-10)14-7-6-13(22-14)9-18-8-11-2-4-12(5-3-11)15(17)21/h2-5,13-14,18H,6-9H2,1H3,(H2,17,21)/t13-,14+/m1/s1. The molecule has 1 aliphatic heterocycles. The fourth-order valence-corrected chi connectivity index (χ4v) is 2.65. The summed E-state index contributed by atoms with van der Waals surface area (Å²) in [6, 6.07) is 7.26. The zero-order valence-corrected chi connectivity index (χ0v) is 13.0. The van der Waals surface area contributed by atoms with E-state index in [0.717, 1.165) is 24.9 Å². The molecule has 0 spiro atoms. The Hall–Kier alpha value is -2.25. The first kappa shape index (κ1) is 15.6. The van der Waals surface area contributed by atoms with Crippen LogP contribution in [0.4, 0.5) is 0 Å². The van der Waals surface area contributed by atoms with Crippen molar-refractivity contribution in [3.8, 4) is 0 Å². The van der Waals surface area contributed by atoms with E-state index in [2.05, 4.69) is 15.5 Å². The summed E-state index contributed by atoms with van der Waals surface area (Å²) in [6.45, 7) is 3.26. The van der Waals surface area contributed by atoms with Crippen LogP contribution < -0.4 is 11.1 Å². The van der Waals surface area contributed by atoms with Crippen molar-refractivity contribution in [3.63, 3.8) is 0 Å². The van der Waals surface area contributed by atoms with Crippen molar-refractivity contribution in [3.05, 3.63) is 47.1 Å². The van der Waals surface area contributed by atoms with Gasteiger partial charge < -0.3 is 20.3 Å². The number of amides is 1. The number of benzene rings is 1. The van der Waals surface area contributed by atoms with Crippen LogP contribution in [0.5, 0.6) is 0 Å². The zero-order valence-electron chi connectivity index (χ0n) is 13.0. The Kier molecular flexibility index (Phi) is 4.68. The number of rotatable bonds is 6. The summed E-state index contributed by atoms with van der Waals surface area (Å²) in [7, 11) is 0. The molecule has 1 aromatic heterocycles. The number of ether oxygens (including phenoxy) is 1. The molecule has 0 aliphatic carbocycles. The highest BCUT2D eigenvalue weighted by molar-refractivity contribution is 5.92. The lowest BCUT2D eigenvalue weighted by molar-refractivity contribution is 0.0264. The minimum absolute atomic E-state index is 0.0992. The highest BCUT2D eigenvalue weighted by Crippen LogP contribution is 2.31. The van der Waals surface area contributed by atoms with E-state index >= 15 is 0 Å². The maximum Gasteiger partial charge on any atom is 0.255 e. The number of carbonyl (C=O) groups is 1. The van der Waals surface area contributed by atoms with Crippen LogP contribution in [0.25, 0.3) is 0 Å². The third kappa shape index (κ3) is 3.94. The summed E-state index contributed by atoms with van der Waals surface area (Å²) in [6.07, 6.45) is 1.89. The Labute approximate surface area is 134 Å². The van der Waals surface area contributed by atoms with Crippen LogP contribution in [0, 0.1) is 6.92 Å². The van der Waals surface area contributed by atoms with E-state index in [1.807, 2.05) is 12.1 Å². The SMILES string of the molecule is Cc1noc([C@@H]2CC[C@H](CNCc3ccc(C(N)=O)cc3)O2)n1. The summed E-state index contributed by atoms with van der Waals surface area (Å²) in [5.41, 5.74) is 6.83. The second-order valence-corrected chi connectivity index (χ2v) is 5.70. The maximum absolute atomic E-state index is 11.0. The smallest absolute Gasteiger partial charge is 0.255 e. The summed E-state index contributed by atoms with van der Waals surface area (Å²) in [5, 5.41) is 7.15. The largest absolute Gasteiger partial charge is 0.366 e. The molecule has 1 fully saturated rings. The molecule has 7 heteroatoms. The number of nitrogens with one attached hydrogen (secondary N) is 1. The van der Waals surface area contributed by atoms with Crippen molar-refractivity contribution in [1.29, 1.82) is 0 Å². The molecular formula is C16H20N4O3. The van der Waals surface area contributed by atoms with Crippen LogP contribution in [0.15, 0.2) is 28.8 Å². The lowest BCUT2D eigenvalue weighted by Gasteiger charge is -2.12. The highest BCUT2D eigenvalue weighted by atomic mass is 16.5. The quantitative estimate of drug-likeness (QED) is 0.837. The Balaban J connectivity index is 1.43. The van der Waals surface area contributed by atoms with Crippen LogP contribution in [-0.4, -0.2) is 28.7 Å². The molecule has 2 heterocycles. The Morgan fingerprint density at radius 1 is 1.35 bits per heavy atom. The van der Waals surface area contributed by atoms with Gasteiger partial charge in [0.25, 0.3) is 5.89 Å². The van der Waals surface area contributed by atoms with Gasteiger partial charge in [-0.3, -0.25) is 4.79 Å². The van der Waals surface area contributed by atoms with E-state index < -0.39 is 5.91 Å². The van der Waals surface area contributed by atoms with E-state index in [9.17, 15) is 4.79 Å². The van der Waals surface area contributed by atoms with Gasteiger partial charge in [0.05, 0.1) is 6.10 Å². The van der Waals surface area contributed by atoms with E-state index in [1.54, 1.807) is 19.1 Å². The summed E-state index contributed by atoms with van der Waals surface area (Å²) >= 11 is 0. The normalized spacial score (nSPS) is 20.7. The maximum atomic E-state index is 11.0. The second kappa shape index (κ2) is 6.89. The summed E-state index contributed by atoms with van der Waals surface area (Å²) in [4.78, 5) is 15.2. The topological polar surface area (TPSA) is 103 Å². The van der Waals surface area contributed by atoms with E-state index in [4.69, 9.17) is 15.0 Å². The number of aryl methyl sites for hydroxylation is 1. The first-order chi connectivity index (χ1) is 11.1. The molecule has 1 aromatic carbocycles. The van der Waals surface area contributed by atoms with Crippen molar-refractivity contribution < 1.29 is 14.1 Å². The molecule has 1 saturated heterocycles. The van der Waals surface area contributed by atoms with Crippen molar-refractivity contribution >= 4 is 5.91 Å². The number of nitrogens with zero attached hydrogens (tertiary/aromatic N) is 2. The monoisotopic (exact) mass is 316 g/mol. The van der Waals surface area contributed by atoms with Gasteiger partial charge in [-0.2, -0.15) is 4.98 Å². The molecule has 1 aliphatic rings. The predicted molar refractivity (Wildman–Crippen MR) is 82.5 cm³/mol. The number of hydrogen-bond acceptors (Lipinski definition) is 6. The molecule has 23 heavy (non-hydrogen) atoms. The van der Waals surface area contributed by atoms with Crippen molar-refractivity contribution in [2.45, 2.75) is 38.5 Å². The van der Waals surface area contributed by atoms with Gasteiger partial charge in [0.15, 0.2) is 5.82 Å². The van der Waals surface area contributed by atoms with Gasteiger partial charge in [0.1, 0.15) is 6.10 Å². The van der Waals surface area contributed by atoms with Crippen molar-refractivity contribution in [2.24, 2.45) is 5.73 Å². The number of carbonyl (C=O) groups excluding carboxylic acids is 1. The minimum atomic E-state index is -0.411. The van der Waals surface area contributed by atoms with Crippen molar-refractivity contribution in [2.75, 3.05) is 6.54 Å². The Bertz CT molecular complexity index is 668. The van der Waals surface area contributed by atoms with Crippen LogP contribution in [-0.2, 0) is 11.3 Å². The van der Waals surface area contributed by atoms with E-state index in [0.29, 0.717) is 23.8 Å². The fraction of sp³-hybridized carbons (Fsp3) is 0.438. The Morgan fingerprint density at radius 3 is 2.78 bits per heavy atom. The van der Waals surface area contributed by atoms with Gasteiger partial charge in [-0.05, 0) is 37.5 Å². The van der Waals surface area contributed by atoms with Gasteiger partial charge in [-0.1, -0.05) is 17.3 Å². The average molecular weight is 316 g/mol. The zero-order chi connectivity index (χ0) is 16.2. The average Bonchev–Trinajstić information content (AvgIpc) is 3.17. The fourth-order valence-electron chi connectivity index (χ4n) is 2.65. The minimum Gasteiger partial charge on any atom is -0.366 e. The molecule has 0 saturated carbocycles. The lowest BCUT2D eigenvalue weighted by Crippen LogP contribution is -2.26. The molecule has 0 bridgehead atoms. The molecule has 2 aromatic rings. The first-order valence-corrected chi connectivity index (χ1v) is 7.67. The number of nitrogens with two attached hydrogens (primary N) is 1. The van der Waals surface area contributed by atoms with Gasteiger partial charge in [-0.25, -0.2) is 0 Å². The third-order valence-electron chi connectivity index (χ3n) is 3.87. The number of hydrogen-bond donors (Lipinski definition) is 2. The van der Waals surface area contributed by atoms with Crippen molar-refractivity contribution in [1.82, 2.24) is 15.5 Å².